The lowest BCUT2D eigenvalue weighted by Gasteiger charge is -2.14. The van der Waals surface area contributed by atoms with Crippen molar-refractivity contribution < 1.29 is 28.6 Å². The molecule has 2 N–H and O–H groups in total. The monoisotopic (exact) mass is 333 g/mol. The lowest BCUT2D eigenvalue weighted by Crippen LogP contribution is -2.44. The number of para-hydroxylation sites is 1. The number of aliphatic carboxylic acids is 1. The van der Waals surface area contributed by atoms with Gasteiger partial charge in [0.25, 0.3) is 5.91 Å². The minimum atomic E-state index is -1.20. The average Bonchev–Trinajstić information content (AvgIpc) is 2.93. The zero-order valence-corrected chi connectivity index (χ0v) is 13.3. The van der Waals surface area contributed by atoms with E-state index in [0.29, 0.717) is 11.1 Å². The summed E-state index contributed by atoms with van der Waals surface area (Å²) in [6, 6.07) is 5.95. The van der Waals surface area contributed by atoms with E-state index in [0.717, 1.165) is 5.39 Å². The van der Waals surface area contributed by atoms with Crippen LogP contribution in [0.25, 0.3) is 11.0 Å². The van der Waals surface area contributed by atoms with E-state index in [9.17, 15) is 14.7 Å². The Bertz CT molecular complexity index is 736. The fourth-order valence-electron chi connectivity index (χ4n) is 2.24. The molecule has 7 heteroatoms. The van der Waals surface area contributed by atoms with Crippen LogP contribution in [0.15, 0.2) is 41.3 Å². The summed E-state index contributed by atoms with van der Waals surface area (Å²) in [4.78, 5) is 23.7. The fraction of sp³-hybridized carbons (Fsp3) is 0.294. The zero-order chi connectivity index (χ0) is 17.5. The van der Waals surface area contributed by atoms with Gasteiger partial charge in [-0.2, -0.15) is 0 Å². The molecule has 128 valence electrons. The van der Waals surface area contributed by atoms with Crippen LogP contribution >= 0.6 is 0 Å². The minimum Gasteiger partial charge on any atom is -0.480 e. The molecule has 0 spiro atoms. The molecule has 1 amide bonds. The van der Waals surface area contributed by atoms with Gasteiger partial charge in [0, 0.05) is 18.1 Å². The summed E-state index contributed by atoms with van der Waals surface area (Å²) in [7, 11) is 1.51. The minimum absolute atomic E-state index is 0.0352. The number of furan rings is 1. The predicted molar refractivity (Wildman–Crippen MR) is 86.8 cm³/mol. The third-order valence-corrected chi connectivity index (χ3v) is 3.32. The number of fused-ring (bicyclic) bond motifs is 1. The maximum atomic E-state index is 12.5. The molecule has 7 nitrogen and oxygen atoms in total. The SMILES string of the molecule is C=CCOCC(NC(=O)c1oc2ccccc2c1COC)C(=O)O. The molecule has 1 aromatic carbocycles. The van der Waals surface area contributed by atoms with Gasteiger partial charge in [-0.15, -0.1) is 6.58 Å². The standard InChI is InChI=1S/C17H19NO6/c1-3-8-23-10-13(17(20)21)18-16(19)15-12(9-22-2)11-6-4-5-7-14(11)24-15/h3-7,13H,1,8-10H2,2H3,(H,18,19)(H,20,21). The number of hydrogen-bond acceptors (Lipinski definition) is 5. The van der Waals surface area contributed by atoms with Gasteiger partial charge in [-0.3, -0.25) is 4.79 Å². The highest BCUT2D eigenvalue weighted by atomic mass is 16.5. The third-order valence-electron chi connectivity index (χ3n) is 3.32. The molecule has 1 aromatic heterocycles. The first kappa shape index (κ1) is 17.7. The van der Waals surface area contributed by atoms with Gasteiger partial charge in [-0.05, 0) is 6.07 Å². The number of hydrogen-bond donors (Lipinski definition) is 2. The number of carboxylic acid groups (broad SMARTS) is 1. The molecule has 0 saturated carbocycles. The van der Waals surface area contributed by atoms with Crippen molar-refractivity contribution in [1.29, 1.82) is 0 Å². The molecule has 0 aliphatic rings. The first-order valence-corrected chi connectivity index (χ1v) is 7.30. The lowest BCUT2D eigenvalue weighted by atomic mass is 10.1. The van der Waals surface area contributed by atoms with E-state index >= 15 is 0 Å². The number of ether oxygens (including phenoxy) is 2. The molecule has 0 fully saturated rings. The van der Waals surface area contributed by atoms with Gasteiger partial charge in [0.1, 0.15) is 5.58 Å². The van der Waals surface area contributed by atoms with Gasteiger partial charge in [-0.1, -0.05) is 24.3 Å². The largest absolute Gasteiger partial charge is 0.480 e. The summed E-state index contributed by atoms with van der Waals surface area (Å²) in [6.45, 7) is 3.67. The maximum absolute atomic E-state index is 12.5. The molecule has 0 aliphatic heterocycles. The molecular weight excluding hydrogens is 314 g/mol. The van der Waals surface area contributed by atoms with Crippen LogP contribution in [0.3, 0.4) is 0 Å². The molecule has 0 radical (unpaired) electrons. The van der Waals surface area contributed by atoms with Crippen LogP contribution in [0.1, 0.15) is 16.1 Å². The summed E-state index contributed by atoms with van der Waals surface area (Å²) < 4.78 is 15.8. The van der Waals surface area contributed by atoms with Crippen LogP contribution in [0, 0.1) is 0 Å². The Kier molecular flexibility index (Phi) is 6.11. The second-order valence-corrected chi connectivity index (χ2v) is 5.03. The van der Waals surface area contributed by atoms with Crippen LogP contribution in [0.5, 0.6) is 0 Å². The van der Waals surface area contributed by atoms with Crippen molar-refractivity contribution >= 4 is 22.8 Å². The Morgan fingerprint density at radius 2 is 2.17 bits per heavy atom. The molecule has 0 bridgehead atoms. The summed E-state index contributed by atoms with van der Waals surface area (Å²) in [5.74, 6) is -1.79. The average molecular weight is 333 g/mol. The predicted octanol–water partition coefficient (Wildman–Crippen LogP) is 1.96. The van der Waals surface area contributed by atoms with Gasteiger partial charge in [0.2, 0.25) is 0 Å². The van der Waals surface area contributed by atoms with E-state index in [4.69, 9.17) is 13.9 Å². The second kappa shape index (κ2) is 8.28. The van der Waals surface area contributed by atoms with E-state index < -0.39 is 17.9 Å². The highest BCUT2D eigenvalue weighted by Crippen LogP contribution is 2.26. The Morgan fingerprint density at radius 3 is 2.83 bits per heavy atom. The fourth-order valence-corrected chi connectivity index (χ4v) is 2.24. The number of amides is 1. The summed E-state index contributed by atoms with van der Waals surface area (Å²) in [6.07, 6.45) is 1.50. The summed E-state index contributed by atoms with van der Waals surface area (Å²) >= 11 is 0. The van der Waals surface area contributed by atoms with Crippen LogP contribution in [-0.4, -0.2) is 43.3 Å². The van der Waals surface area contributed by atoms with E-state index in [1.165, 1.54) is 13.2 Å². The van der Waals surface area contributed by atoms with Crippen molar-refractivity contribution in [3.05, 3.63) is 48.2 Å². The van der Waals surface area contributed by atoms with Crippen molar-refractivity contribution in [1.82, 2.24) is 5.32 Å². The van der Waals surface area contributed by atoms with E-state index in [1.54, 1.807) is 12.1 Å². The number of carbonyl (C=O) groups is 2. The van der Waals surface area contributed by atoms with Crippen LogP contribution in [-0.2, 0) is 20.9 Å². The van der Waals surface area contributed by atoms with Crippen molar-refractivity contribution in [3.8, 4) is 0 Å². The van der Waals surface area contributed by atoms with Crippen LogP contribution < -0.4 is 5.32 Å². The Hall–Kier alpha value is -2.64. The van der Waals surface area contributed by atoms with E-state index in [1.807, 2.05) is 12.1 Å². The van der Waals surface area contributed by atoms with Gasteiger partial charge < -0.3 is 24.3 Å². The Labute approximate surface area is 138 Å². The van der Waals surface area contributed by atoms with Crippen molar-refractivity contribution in [2.45, 2.75) is 12.6 Å². The quantitative estimate of drug-likeness (QED) is 0.538. The lowest BCUT2D eigenvalue weighted by molar-refractivity contribution is -0.140. The first-order chi connectivity index (χ1) is 11.6. The van der Waals surface area contributed by atoms with Gasteiger partial charge in [0.05, 0.1) is 19.8 Å². The number of rotatable bonds is 9. The van der Waals surface area contributed by atoms with Gasteiger partial charge in [-0.25, -0.2) is 4.79 Å². The van der Waals surface area contributed by atoms with E-state index in [2.05, 4.69) is 11.9 Å². The molecule has 24 heavy (non-hydrogen) atoms. The molecule has 0 aliphatic carbocycles. The normalized spacial score (nSPS) is 12.0. The summed E-state index contributed by atoms with van der Waals surface area (Å²) in [5, 5.41) is 12.4. The van der Waals surface area contributed by atoms with Crippen LogP contribution in [0.4, 0.5) is 0 Å². The van der Waals surface area contributed by atoms with Crippen LogP contribution in [0.2, 0.25) is 0 Å². The first-order valence-electron chi connectivity index (χ1n) is 7.30. The molecule has 1 atom stereocenters. The molecule has 2 aromatic rings. The van der Waals surface area contributed by atoms with Gasteiger partial charge in [0.15, 0.2) is 11.8 Å². The zero-order valence-electron chi connectivity index (χ0n) is 13.3. The summed E-state index contributed by atoms with van der Waals surface area (Å²) in [5.41, 5.74) is 1.10. The number of carbonyl (C=O) groups excluding carboxylic acids is 1. The van der Waals surface area contributed by atoms with Crippen molar-refractivity contribution in [3.63, 3.8) is 0 Å². The van der Waals surface area contributed by atoms with Crippen molar-refractivity contribution in [2.24, 2.45) is 0 Å². The number of carboxylic acids is 1. The molecular formula is C17H19NO6. The van der Waals surface area contributed by atoms with Crippen molar-refractivity contribution in [2.75, 3.05) is 20.3 Å². The Balaban J connectivity index is 2.24. The van der Waals surface area contributed by atoms with E-state index in [-0.39, 0.29) is 25.6 Å². The number of methoxy groups -OCH3 is 1. The molecule has 0 saturated heterocycles. The second-order valence-electron chi connectivity index (χ2n) is 5.03. The topological polar surface area (TPSA) is 98.0 Å². The molecule has 1 heterocycles. The third kappa shape index (κ3) is 4.01. The highest BCUT2D eigenvalue weighted by Gasteiger charge is 2.26. The van der Waals surface area contributed by atoms with Gasteiger partial charge >= 0.3 is 5.97 Å². The molecule has 1 unspecified atom stereocenters. The molecule has 2 rings (SSSR count). The number of benzene rings is 1. The smallest absolute Gasteiger partial charge is 0.328 e. The Morgan fingerprint density at radius 1 is 1.42 bits per heavy atom. The number of nitrogens with one attached hydrogen (secondary N) is 1. The highest BCUT2D eigenvalue weighted by molar-refractivity contribution is 6.00. The maximum Gasteiger partial charge on any atom is 0.328 e.